The van der Waals surface area contributed by atoms with Gasteiger partial charge in [0.2, 0.25) is 5.91 Å². The Labute approximate surface area is 237 Å². The third-order valence-corrected chi connectivity index (χ3v) is 6.65. The van der Waals surface area contributed by atoms with Crippen LogP contribution in [0.4, 0.5) is 13.2 Å². The summed E-state index contributed by atoms with van der Waals surface area (Å²) in [6.07, 6.45) is -2.65. The van der Waals surface area contributed by atoms with Crippen molar-refractivity contribution in [2.45, 2.75) is 25.8 Å². The maximum atomic E-state index is 13.8. The number of hydrogen-bond donors (Lipinski definition) is 0. The summed E-state index contributed by atoms with van der Waals surface area (Å²) in [4.78, 5) is 30.2. The van der Waals surface area contributed by atoms with E-state index in [9.17, 15) is 22.8 Å². The molecule has 0 unspecified atom stereocenters. The summed E-state index contributed by atoms with van der Waals surface area (Å²) in [5.74, 6) is -0.537. The molecule has 0 radical (unpaired) electrons. The molecule has 1 aromatic heterocycles. The van der Waals surface area contributed by atoms with Gasteiger partial charge in [0.1, 0.15) is 6.54 Å². The summed E-state index contributed by atoms with van der Waals surface area (Å²) < 4.78 is 46.8. The van der Waals surface area contributed by atoms with E-state index < -0.39 is 11.7 Å². The first-order chi connectivity index (χ1) is 19.7. The van der Waals surface area contributed by atoms with E-state index in [0.29, 0.717) is 17.7 Å². The Bertz CT molecular complexity index is 1420. The van der Waals surface area contributed by atoms with Gasteiger partial charge in [-0.1, -0.05) is 60.7 Å². The number of amides is 2. The Hall–Kier alpha value is -4.37. The highest BCUT2D eigenvalue weighted by Crippen LogP contribution is 2.29. The largest absolute Gasteiger partial charge is 0.416 e. The van der Waals surface area contributed by atoms with Crippen molar-refractivity contribution in [2.75, 3.05) is 26.8 Å². The van der Waals surface area contributed by atoms with Crippen LogP contribution in [0.25, 0.3) is 0 Å². The minimum absolute atomic E-state index is 0.155. The quantitative estimate of drug-likeness (QED) is 0.217. The van der Waals surface area contributed by atoms with Crippen molar-refractivity contribution in [1.82, 2.24) is 14.4 Å². The monoisotopic (exact) mass is 563 g/mol. The van der Waals surface area contributed by atoms with Gasteiger partial charge < -0.3 is 19.1 Å². The predicted molar refractivity (Wildman–Crippen MR) is 150 cm³/mol. The van der Waals surface area contributed by atoms with Crippen LogP contribution in [0.5, 0.6) is 0 Å². The average molecular weight is 564 g/mol. The van der Waals surface area contributed by atoms with E-state index >= 15 is 0 Å². The van der Waals surface area contributed by atoms with Gasteiger partial charge in [-0.25, -0.2) is 0 Å². The van der Waals surface area contributed by atoms with Gasteiger partial charge in [-0.15, -0.1) is 0 Å². The van der Waals surface area contributed by atoms with Crippen LogP contribution in [-0.4, -0.2) is 53.0 Å². The van der Waals surface area contributed by atoms with Crippen LogP contribution >= 0.6 is 0 Å². The average Bonchev–Trinajstić information content (AvgIpc) is 3.41. The van der Waals surface area contributed by atoms with Crippen LogP contribution < -0.4 is 0 Å². The third-order valence-electron chi connectivity index (χ3n) is 6.65. The Balaban J connectivity index is 1.57. The molecule has 0 aliphatic carbocycles. The maximum absolute atomic E-state index is 13.8. The molecular formula is C32H32F3N3O3. The molecule has 9 heteroatoms. The summed E-state index contributed by atoms with van der Waals surface area (Å²) in [7, 11) is 1.53. The van der Waals surface area contributed by atoms with E-state index in [1.54, 1.807) is 47.5 Å². The molecule has 1 heterocycles. The van der Waals surface area contributed by atoms with E-state index in [1.165, 1.54) is 18.1 Å². The second kappa shape index (κ2) is 13.8. The number of rotatable bonds is 12. The number of benzene rings is 3. The van der Waals surface area contributed by atoms with Gasteiger partial charge in [-0.2, -0.15) is 13.2 Å². The first-order valence-corrected chi connectivity index (χ1v) is 13.2. The summed E-state index contributed by atoms with van der Waals surface area (Å²) in [5.41, 5.74) is 1.93. The predicted octanol–water partition coefficient (Wildman–Crippen LogP) is 5.87. The zero-order valence-electron chi connectivity index (χ0n) is 22.8. The number of ether oxygens (including phenoxy) is 1. The normalized spacial score (nSPS) is 11.3. The molecule has 0 N–H and O–H groups in total. The van der Waals surface area contributed by atoms with Crippen molar-refractivity contribution in [1.29, 1.82) is 0 Å². The van der Waals surface area contributed by atoms with Gasteiger partial charge in [0.05, 0.1) is 18.7 Å². The van der Waals surface area contributed by atoms with Crippen molar-refractivity contribution in [3.8, 4) is 0 Å². The molecule has 4 aromatic rings. The van der Waals surface area contributed by atoms with Crippen molar-refractivity contribution in [2.24, 2.45) is 0 Å². The molecule has 0 spiro atoms. The van der Waals surface area contributed by atoms with Gasteiger partial charge >= 0.3 is 6.18 Å². The standard InChI is InChI=1S/C32H32F3N3O3/c1-41-19-18-37(31(40)27-13-6-3-7-14-27)24-30(39)38(21-25-10-4-2-5-11-25)23-29-16-9-17-36(29)22-26-12-8-15-28(20-26)32(33,34)35/h2-17,20H,18-19,21-24H2,1H3. The van der Waals surface area contributed by atoms with Crippen molar-refractivity contribution in [3.05, 3.63) is 131 Å². The molecule has 3 aromatic carbocycles. The fraction of sp³-hybridized carbons (Fsp3) is 0.250. The number of alkyl halides is 3. The molecule has 4 rings (SSSR count). The molecule has 6 nitrogen and oxygen atoms in total. The smallest absolute Gasteiger partial charge is 0.383 e. The van der Waals surface area contributed by atoms with Crippen LogP contribution in [0.15, 0.2) is 103 Å². The second-order valence-corrected chi connectivity index (χ2v) is 9.65. The highest BCUT2D eigenvalue weighted by molar-refractivity contribution is 5.96. The molecule has 0 aliphatic heterocycles. The number of methoxy groups -OCH3 is 1. The fourth-order valence-electron chi connectivity index (χ4n) is 4.50. The van der Waals surface area contributed by atoms with Crippen LogP contribution in [-0.2, 0) is 35.3 Å². The first kappa shape index (κ1) is 29.6. The van der Waals surface area contributed by atoms with Crippen molar-refractivity contribution < 1.29 is 27.5 Å². The molecule has 41 heavy (non-hydrogen) atoms. The van der Waals surface area contributed by atoms with E-state index in [-0.39, 0.29) is 44.6 Å². The molecule has 0 atom stereocenters. The van der Waals surface area contributed by atoms with Gasteiger partial charge in [-0.3, -0.25) is 9.59 Å². The van der Waals surface area contributed by atoms with Gasteiger partial charge in [0.15, 0.2) is 0 Å². The molecule has 0 saturated heterocycles. The summed E-state index contributed by atoms with van der Waals surface area (Å²) in [6.45, 7) is 1.07. The lowest BCUT2D eigenvalue weighted by Crippen LogP contribution is -2.44. The first-order valence-electron chi connectivity index (χ1n) is 13.2. The third kappa shape index (κ3) is 8.31. The van der Waals surface area contributed by atoms with Crippen LogP contribution in [0.3, 0.4) is 0 Å². The van der Waals surface area contributed by atoms with Gasteiger partial charge in [0, 0.05) is 44.2 Å². The van der Waals surface area contributed by atoms with E-state index in [0.717, 1.165) is 23.4 Å². The molecule has 0 saturated carbocycles. The Morgan fingerprint density at radius 1 is 0.805 bits per heavy atom. The van der Waals surface area contributed by atoms with E-state index in [4.69, 9.17) is 4.74 Å². The van der Waals surface area contributed by atoms with Crippen LogP contribution in [0, 0.1) is 0 Å². The number of carbonyl (C=O) groups is 2. The van der Waals surface area contributed by atoms with Crippen LogP contribution in [0.1, 0.15) is 32.7 Å². The number of aromatic nitrogens is 1. The lowest BCUT2D eigenvalue weighted by molar-refractivity contribution is -0.137. The van der Waals surface area contributed by atoms with Crippen molar-refractivity contribution in [3.63, 3.8) is 0 Å². The van der Waals surface area contributed by atoms with E-state index in [1.807, 2.05) is 47.0 Å². The van der Waals surface area contributed by atoms with Gasteiger partial charge in [-0.05, 0) is 47.5 Å². The molecule has 2 amide bonds. The molecule has 0 bridgehead atoms. The lowest BCUT2D eigenvalue weighted by Gasteiger charge is -2.28. The van der Waals surface area contributed by atoms with Crippen molar-refractivity contribution >= 4 is 11.8 Å². The SMILES string of the molecule is COCCN(CC(=O)N(Cc1ccccc1)Cc1cccn1Cc1cccc(C(F)(F)F)c1)C(=O)c1ccccc1. The molecule has 0 aliphatic rings. The zero-order valence-corrected chi connectivity index (χ0v) is 22.8. The maximum Gasteiger partial charge on any atom is 0.416 e. The minimum Gasteiger partial charge on any atom is -0.383 e. The lowest BCUT2D eigenvalue weighted by atomic mass is 10.1. The summed E-state index contributed by atoms with van der Waals surface area (Å²) >= 11 is 0. The van der Waals surface area contributed by atoms with E-state index in [2.05, 4.69) is 0 Å². The zero-order chi connectivity index (χ0) is 29.2. The number of carbonyl (C=O) groups excluding carboxylic acids is 2. The Morgan fingerprint density at radius 2 is 1.49 bits per heavy atom. The summed E-state index contributed by atoms with van der Waals surface area (Å²) in [5, 5.41) is 0. The second-order valence-electron chi connectivity index (χ2n) is 9.65. The number of hydrogen-bond acceptors (Lipinski definition) is 3. The number of halogens is 3. The minimum atomic E-state index is -4.43. The number of nitrogens with zero attached hydrogens (tertiary/aromatic N) is 3. The Kier molecular flexibility index (Phi) is 9.97. The highest BCUT2D eigenvalue weighted by Gasteiger charge is 2.30. The fourth-order valence-corrected chi connectivity index (χ4v) is 4.50. The molecular weight excluding hydrogens is 531 g/mol. The van der Waals surface area contributed by atoms with Gasteiger partial charge in [0.25, 0.3) is 5.91 Å². The Morgan fingerprint density at radius 3 is 2.17 bits per heavy atom. The van der Waals surface area contributed by atoms with Crippen LogP contribution in [0.2, 0.25) is 0 Å². The topological polar surface area (TPSA) is 54.8 Å². The highest BCUT2D eigenvalue weighted by atomic mass is 19.4. The summed E-state index contributed by atoms with van der Waals surface area (Å²) in [6, 6.07) is 27.1. The molecule has 0 fully saturated rings. The molecule has 214 valence electrons.